The summed E-state index contributed by atoms with van der Waals surface area (Å²) in [6.45, 7) is 1.60. The molecule has 2 unspecified atom stereocenters. The number of likely N-dealkylation sites (N-methyl/N-ethyl adjacent to an activating group) is 1. The topological polar surface area (TPSA) is 51.2 Å². The monoisotopic (exact) mass is 713 g/mol. The van der Waals surface area contributed by atoms with E-state index in [4.69, 9.17) is 14.2 Å². The predicted octanol–water partition coefficient (Wildman–Crippen LogP) is 4.15. The number of piperidine rings is 1. The van der Waals surface area contributed by atoms with Crippen LogP contribution in [0.2, 0.25) is 0 Å². The second-order valence-corrected chi connectivity index (χ2v) is 40.7. The summed E-state index contributed by atoms with van der Waals surface area (Å²) in [5.41, 5.74) is 0.927. The van der Waals surface area contributed by atoms with E-state index in [0.717, 1.165) is 18.5 Å². The van der Waals surface area contributed by atoms with Gasteiger partial charge in [0.1, 0.15) is 17.2 Å². The Hall–Kier alpha value is 1.31. The zero-order valence-electron chi connectivity index (χ0n) is 14.1. The zero-order chi connectivity index (χ0) is 18.3. The summed E-state index contributed by atoms with van der Waals surface area (Å²) in [6, 6.07) is 3.67. The van der Waals surface area contributed by atoms with Gasteiger partial charge in [0.05, 0.1) is 27.4 Å². The molecule has 0 aromatic heterocycles. The van der Waals surface area contributed by atoms with Gasteiger partial charge in [-0.25, -0.2) is 0 Å². The van der Waals surface area contributed by atoms with Crippen molar-refractivity contribution < 1.29 is 24.2 Å². The third kappa shape index (κ3) is 7.14. The Morgan fingerprint density at radius 2 is 1.58 bits per heavy atom. The Kier molecular flexibility index (Phi) is 11.6. The summed E-state index contributed by atoms with van der Waals surface area (Å²) in [5, 5.41) is 10.4. The summed E-state index contributed by atoms with van der Waals surface area (Å²) in [7, 11) is 6.87. The molecule has 1 aliphatic rings. The van der Waals surface area contributed by atoms with Crippen LogP contribution in [0.3, 0.4) is 0 Å². The van der Waals surface area contributed by atoms with Crippen LogP contribution in [0.5, 0.6) is 17.2 Å². The van der Waals surface area contributed by atoms with Gasteiger partial charge in [0.15, 0.2) is 0 Å². The molecule has 0 radical (unpaired) electrons. The van der Waals surface area contributed by atoms with Crippen LogP contribution >= 0.6 is 59.9 Å². The Morgan fingerprint density at radius 3 is 1.96 bits per heavy atom. The van der Waals surface area contributed by atoms with E-state index < -0.39 is 6.10 Å². The summed E-state index contributed by atoms with van der Waals surface area (Å²) in [4.78, 5) is 1.85. The Morgan fingerprint density at radius 1 is 1.08 bits per heavy atom. The molecule has 2 rings (SSSR count). The SMILES string of the molecule is COc1cc(OC)c(C2CCN(C)CC2O)c(OC)c1.[I][V]([I])[I]. The summed E-state index contributed by atoms with van der Waals surface area (Å²) >= 11 is 7.39. The fraction of sp³-hybridized carbons (Fsp3) is 0.600. The third-order valence-electron chi connectivity index (χ3n) is 3.91. The van der Waals surface area contributed by atoms with Crippen molar-refractivity contribution in [3.05, 3.63) is 17.7 Å². The number of methoxy groups -OCH3 is 3. The number of rotatable bonds is 4. The molecule has 1 aromatic carbocycles. The van der Waals surface area contributed by atoms with Crippen molar-refractivity contribution in [3.63, 3.8) is 0 Å². The van der Waals surface area contributed by atoms with Crippen molar-refractivity contribution in [2.45, 2.75) is 18.4 Å². The molecule has 1 aliphatic heterocycles. The molecule has 9 heteroatoms. The molecule has 5 nitrogen and oxygen atoms in total. The van der Waals surface area contributed by atoms with Crippen LogP contribution in [-0.4, -0.2) is 57.6 Å². The van der Waals surface area contributed by atoms with Gasteiger partial charge in [0.2, 0.25) is 0 Å². The van der Waals surface area contributed by atoms with Crippen molar-refractivity contribution in [2.75, 3.05) is 41.5 Å². The summed E-state index contributed by atoms with van der Waals surface area (Å²) < 4.78 is 16.2. The zero-order valence-corrected chi connectivity index (χ0v) is 22.0. The molecule has 1 saturated heterocycles. The Bertz CT molecular complexity index is 494. The number of aliphatic hydroxyl groups excluding tert-OH is 1. The van der Waals surface area contributed by atoms with E-state index in [9.17, 15) is 5.11 Å². The molecular weight excluding hydrogens is 690 g/mol. The second-order valence-electron chi connectivity index (χ2n) is 5.36. The van der Waals surface area contributed by atoms with Crippen LogP contribution in [0.15, 0.2) is 12.1 Å². The van der Waals surface area contributed by atoms with Gasteiger partial charge in [0.25, 0.3) is 0 Å². The number of hydrogen-bond acceptors (Lipinski definition) is 5. The first-order valence-corrected chi connectivity index (χ1v) is 20.8. The van der Waals surface area contributed by atoms with Gasteiger partial charge in [-0.1, -0.05) is 0 Å². The molecule has 0 saturated carbocycles. The predicted molar refractivity (Wildman–Crippen MR) is 119 cm³/mol. The third-order valence-corrected chi connectivity index (χ3v) is 3.91. The van der Waals surface area contributed by atoms with E-state index in [1.165, 1.54) is 0 Å². The number of β-amino-alcohol motifs (C(OH)–C–C–N with tert-alkyl or cyclic N) is 1. The molecule has 138 valence electrons. The maximum absolute atomic E-state index is 10.4. The van der Waals surface area contributed by atoms with Gasteiger partial charge >= 0.3 is 64.9 Å². The van der Waals surface area contributed by atoms with Crippen molar-refractivity contribution in [3.8, 4) is 17.2 Å². The normalized spacial score (nSPS) is 21.0. The molecule has 0 bridgehead atoms. The number of likely N-dealkylation sites (tertiary alicyclic amines) is 1. The molecule has 1 heterocycles. The van der Waals surface area contributed by atoms with Gasteiger partial charge in [0, 0.05) is 30.2 Å². The first-order valence-electron chi connectivity index (χ1n) is 7.28. The average Bonchev–Trinajstić information content (AvgIpc) is 2.53. The van der Waals surface area contributed by atoms with Crippen LogP contribution < -0.4 is 14.2 Å². The fourth-order valence-corrected chi connectivity index (χ4v) is 2.82. The van der Waals surface area contributed by atoms with Crippen LogP contribution in [0.1, 0.15) is 17.9 Å². The van der Waals surface area contributed by atoms with Crippen molar-refractivity contribution in [1.82, 2.24) is 4.90 Å². The molecule has 0 amide bonds. The molecule has 24 heavy (non-hydrogen) atoms. The van der Waals surface area contributed by atoms with Gasteiger partial charge < -0.3 is 24.2 Å². The molecule has 1 aromatic rings. The summed E-state index contributed by atoms with van der Waals surface area (Å²) in [5.74, 6) is 2.11. The molecule has 0 spiro atoms. The number of aliphatic hydroxyl groups is 1. The Labute approximate surface area is 181 Å². The maximum atomic E-state index is 10.4. The van der Waals surface area contributed by atoms with Gasteiger partial charge in [-0.05, 0) is 20.0 Å². The van der Waals surface area contributed by atoms with E-state index in [2.05, 4.69) is 64.8 Å². The first-order chi connectivity index (χ1) is 11.3. The summed E-state index contributed by atoms with van der Waals surface area (Å²) in [6.07, 6.45) is 0.446. The van der Waals surface area contributed by atoms with Gasteiger partial charge in [-0.15, -0.1) is 0 Å². The van der Waals surface area contributed by atoms with E-state index >= 15 is 0 Å². The van der Waals surface area contributed by atoms with Crippen LogP contribution in [-0.2, 0) is 4.92 Å². The van der Waals surface area contributed by atoms with Crippen molar-refractivity contribution in [1.29, 1.82) is 0 Å². The first kappa shape index (κ1) is 23.4. The standard InChI is InChI=1S/C15H23NO4.3HI.V/c1-16-6-5-11(12(17)9-16)15-13(19-3)7-10(18-2)8-14(15)20-4;;;;/h7-8,11-12,17H,5-6,9H2,1-4H3;3*1H;/q;;;;+3/p-3. The van der Waals surface area contributed by atoms with E-state index in [0.29, 0.717) is 23.8 Å². The number of ether oxygens (including phenoxy) is 3. The molecule has 2 atom stereocenters. The van der Waals surface area contributed by atoms with Crippen molar-refractivity contribution in [2.24, 2.45) is 0 Å². The fourth-order valence-electron chi connectivity index (χ4n) is 2.82. The minimum absolute atomic E-state index is 0.0157. The average molecular weight is 713 g/mol. The number of hydrogen-bond donors (Lipinski definition) is 1. The van der Waals surface area contributed by atoms with Gasteiger partial charge in [-0.3, -0.25) is 0 Å². The molecule has 1 N–H and O–H groups in total. The molecule has 1 fully saturated rings. The van der Waals surface area contributed by atoms with Gasteiger partial charge in [-0.2, -0.15) is 0 Å². The van der Waals surface area contributed by atoms with E-state index in [1.807, 2.05) is 19.2 Å². The molecule has 0 aliphatic carbocycles. The van der Waals surface area contributed by atoms with Crippen LogP contribution in [0.25, 0.3) is 0 Å². The number of halogens is 3. The number of nitrogens with zero attached hydrogens (tertiary/aromatic N) is 1. The second kappa shape index (κ2) is 11.9. The van der Waals surface area contributed by atoms with E-state index in [1.54, 1.807) is 21.3 Å². The van der Waals surface area contributed by atoms with Crippen LogP contribution in [0, 0.1) is 0 Å². The van der Waals surface area contributed by atoms with Crippen molar-refractivity contribution >= 4 is 59.9 Å². The Balaban J connectivity index is 0.000000648. The quantitative estimate of drug-likeness (QED) is 0.476. The van der Waals surface area contributed by atoms with Crippen LogP contribution in [0.4, 0.5) is 0 Å². The molecular formula is C15H23I3NO4V. The minimum atomic E-state index is -0.426. The van der Waals surface area contributed by atoms with E-state index in [-0.39, 0.29) is 10.8 Å². The number of benzene rings is 1.